The Morgan fingerprint density at radius 2 is 2.00 bits per heavy atom. The van der Waals surface area contributed by atoms with E-state index in [1.807, 2.05) is 0 Å². The van der Waals surface area contributed by atoms with Crippen LogP contribution in [0.5, 0.6) is 0 Å². The number of carbonyl (C=O) groups is 1. The van der Waals surface area contributed by atoms with E-state index in [1.54, 1.807) is 24.5 Å². The number of amides is 1. The second-order valence-corrected chi connectivity index (χ2v) is 6.24. The van der Waals surface area contributed by atoms with Gasteiger partial charge in [0.25, 0.3) is 5.91 Å². The highest BCUT2D eigenvalue weighted by molar-refractivity contribution is 5.93. The van der Waals surface area contributed by atoms with Crippen LogP contribution in [-0.2, 0) is 0 Å². The second kappa shape index (κ2) is 6.84. The molecule has 0 radical (unpaired) electrons. The number of hydrogen-bond donors (Lipinski definition) is 2. The molecule has 0 spiro atoms. The summed E-state index contributed by atoms with van der Waals surface area (Å²) in [5, 5.41) is 0. The van der Waals surface area contributed by atoms with Gasteiger partial charge < -0.3 is 0 Å². The summed E-state index contributed by atoms with van der Waals surface area (Å²) >= 11 is 0. The fraction of sp³-hybridized carbons (Fsp3) is 0.625. The standard InChI is InChI=1S/C16H25N3O/c1-11(2)14-5-4-12(3)15(10-14)18-19-16(20)13-6-8-17-9-7-13/h6-9,11-12,14-15,18H,4-5,10H2,1-3H3,(H,19,20). The number of nitrogens with one attached hydrogen (secondary N) is 2. The SMILES string of the molecule is CC(C)C1CCC(C)C(NNC(=O)c2ccncc2)C1. The fourth-order valence-electron chi connectivity index (χ4n) is 2.89. The quantitative estimate of drug-likeness (QED) is 0.831. The molecule has 1 aromatic rings. The van der Waals surface area contributed by atoms with Gasteiger partial charge in [-0.3, -0.25) is 15.2 Å². The van der Waals surface area contributed by atoms with Gasteiger partial charge in [-0.05, 0) is 49.1 Å². The maximum Gasteiger partial charge on any atom is 0.265 e. The van der Waals surface area contributed by atoms with Crippen molar-refractivity contribution in [1.82, 2.24) is 15.8 Å². The molecule has 2 rings (SSSR count). The van der Waals surface area contributed by atoms with Gasteiger partial charge in [0.1, 0.15) is 0 Å². The summed E-state index contributed by atoms with van der Waals surface area (Å²) in [6.07, 6.45) is 6.93. The first-order valence-corrected chi connectivity index (χ1v) is 7.53. The van der Waals surface area contributed by atoms with Crippen LogP contribution in [0.4, 0.5) is 0 Å². The van der Waals surface area contributed by atoms with Crippen molar-refractivity contribution in [2.75, 3.05) is 0 Å². The van der Waals surface area contributed by atoms with Gasteiger partial charge in [0.2, 0.25) is 0 Å². The molecular formula is C16H25N3O. The number of aromatic nitrogens is 1. The van der Waals surface area contributed by atoms with Crippen LogP contribution in [0.2, 0.25) is 0 Å². The summed E-state index contributed by atoms with van der Waals surface area (Å²) < 4.78 is 0. The summed E-state index contributed by atoms with van der Waals surface area (Å²) in [5.74, 6) is 1.97. The number of rotatable bonds is 4. The molecule has 4 nitrogen and oxygen atoms in total. The van der Waals surface area contributed by atoms with E-state index >= 15 is 0 Å². The van der Waals surface area contributed by atoms with Crippen molar-refractivity contribution >= 4 is 5.91 Å². The van der Waals surface area contributed by atoms with E-state index in [-0.39, 0.29) is 5.91 Å². The molecule has 1 aliphatic carbocycles. The van der Waals surface area contributed by atoms with Crippen LogP contribution in [0.15, 0.2) is 24.5 Å². The predicted molar refractivity (Wildman–Crippen MR) is 80.0 cm³/mol. The van der Waals surface area contributed by atoms with Crippen molar-refractivity contribution in [3.8, 4) is 0 Å². The topological polar surface area (TPSA) is 54.0 Å². The summed E-state index contributed by atoms with van der Waals surface area (Å²) in [7, 11) is 0. The van der Waals surface area contributed by atoms with E-state index < -0.39 is 0 Å². The molecule has 0 saturated heterocycles. The molecule has 0 aliphatic heterocycles. The molecule has 1 amide bonds. The van der Waals surface area contributed by atoms with Gasteiger partial charge in [-0.1, -0.05) is 20.8 Å². The normalized spacial score (nSPS) is 26.5. The smallest absolute Gasteiger partial charge is 0.265 e. The van der Waals surface area contributed by atoms with E-state index in [9.17, 15) is 4.79 Å². The summed E-state index contributed by atoms with van der Waals surface area (Å²) in [6.45, 7) is 6.83. The van der Waals surface area contributed by atoms with Crippen LogP contribution >= 0.6 is 0 Å². The Balaban J connectivity index is 1.87. The second-order valence-electron chi connectivity index (χ2n) is 6.24. The number of nitrogens with zero attached hydrogens (tertiary/aromatic N) is 1. The van der Waals surface area contributed by atoms with E-state index in [4.69, 9.17) is 0 Å². The Hall–Kier alpha value is -1.42. The first-order valence-electron chi connectivity index (χ1n) is 7.53. The van der Waals surface area contributed by atoms with Crippen LogP contribution in [0.3, 0.4) is 0 Å². The Morgan fingerprint density at radius 3 is 2.65 bits per heavy atom. The third kappa shape index (κ3) is 3.79. The maximum atomic E-state index is 12.0. The number of hydrazine groups is 1. The van der Waals surface area contributed by atoms with E-state index in [1.165, 1.54) is 12.8 Å². The van der Waals surface area contributed by atoms with Crippen LogP contribution in [-0.4, -0.2) is 16.9 Å². The zero-order chi connectivity index (χ0) is 14.5. The molecule has 20 heavy (non-hydrogen) atoms. The van der Waals surface area contributed by atoms with Gasteiger partial charge in [0.05, 0.1) is 0 Å². The molecule has 1 aliphatic rings. The summed E-state index contributed by atoms with van der Waals surface area (Å²) in [5.41, 5.74) is 6.71. The van der Waals surface area contributed by atoms with Crippen molar-refractivity contribution in [2.24, 2.45) is 17.8 Å². The van der Waals surface area contributed by atoms with Crippen LogP contribution in [0.25, 0.3) is 0 Å². The molecule has 0 aromatic carbocycles. The van der Waals surface area contributed by atoms with Crippen molar-refractivity contribution in [3.63, 3.8) is 0 Å². The first kappa shape index (κ1) is 15.0. The Kier molecular flexibility index (Phi) is 5.12. The molecule has 3 unspecified atom stereocenters. The average molecular weight is 275 g/mol. The predicted octanol–water partition coefficient (Wildman–Crippen LogP) is 2.78. The molecule has 3 atom stereocenters. The highest BCUT2D eigenvalue weighted by Gasteiger charge is 2.29. The highest BCUT2D eigenvalue weighted by Crippen LogP contribution is 2.33. The maximum absolute atomic E-state index is 12.0. The minimum atomic E-state index is -0.0914. The summed E-state index contributed by atoms with van der Waals surface area (Å²) in [4.78, 5) is 15.9. The van der Waals surface area contributed by atoms with Crippen molar-refractivity contribution < 1.29 is 4.79 Å². The lowest BCUT2D eigenvalue weighted by atomic mass is 9.75. The molecule has 110 valence electrons. The minimum absolute atomic E-state index is 0.0914. The van der Waals surface area contributed by atoms with Gasteiger partial charge in [0.15, 0.2) is 0 Å². The minimum Gasteiger partial charge on any atom is -0.287 e. The van der Waals surface area contributed by atoms with Crippen molar-refractivity contribution in [1.29, 1.82) is 0 Å². The molecule has 0 bridgehead atoms. The molecule has 4 heteroatoms. The third-order valence-corrected chi connectivity index (χ3v) is 4.49. The lowest BCUT2D eigenvalue weighted by Gasteiger charge is -2.36. The fourth-order valence-corrected chi connectivity index (χ4v) is 2.89. The highest BCUT2D eigenvalue weighted by atomic mass is 16.2. The van der Waals surface area contributed by atoms with Gasteiger partial charge in [0, 0.05) is 24.0 Å². The average Bonchev–Trinajstić information content (AvgIpc) is 2.46. The van der Waals surface area contributed by atoms with E-state index in [0.29, 0.717) is 23.4 Å². The first-order chi connectivity index (χ1) is 9.58. The zero-order valence-electron chi connectivity index (χ0n) is 12.6. The molecule has 1 saturated carbocycles. The number of carbonyl (C=O) groups excluding carboxylic acids is 1. The molecular weight excluding hydrogens is 250 g/mol. The Morgan fingerprint density at radius 1 is 1.30 bits per heavy atom. The largest absolute Gasteiger partial charge is 0.287 e. The van der Waals surface area contributed by atoms with Gasteiger partial charge >= 0.3 is 0 Å². The zero-order valence-corrected chi connectivity index (χ0v) is 12.6. The van der Waals surface area contributed by atoms with E-state index in [0.717, 1.165) is 12.3 Å². The van der Waals surface area contributed by atoms with Crippen molar-refractivity contribution in [3.05, 3.63) is 30.1 Å². The summed E-state index contributed by atoms with van der Waals surface area (Å²) in [6, 6.07) is 3.80. The molecule has 2 N–H and O–H groups in total. The van der Waals surface area contributed by atoms with Crippen LogP contribution < -0.4 is 10.9 Å². The number of hydrogen-bond acceptors (Lipinski definition) is 3. The van der Waals surface area contributed by atoms with Gasteiger partial charge in [-0.15, -0.1) is 0 Å². The molecule has 1 heterocycles. The van der Waals surface area contributed by atoms with Gasteiger partial charge in [-0.25, -0.2) is 5.43 Å². The third-order valence-electron chi connectivity index (χ3n) is 4.49. The van der Waals surface area contributed by atoms with Crippen LogP contribution in [0.1, 0.15) is 50.4 Å². The molecule has 1 aromatic heterocycles. The lowest BCUT2D eigenvalue weighted by molar-refractivity contribution is 0.0893. The number of pyridine rings is 1. The Bertz CT molecular complexity index is 433. The Labute approximate surface area is 121 Å². The lowest BCUT2D eigenvalue weighted by Crippen LogP contribution is -2.49. The van der Waals surface area contributed by atoms with E-state index in [2.05, 4.69) is 36.6 Å². The van der Waals surface area contributed by atoms with Gasteiger partial charge in [-0.2, -0.15) is 0 Å². The van der Waals surface area contributed by atoms with Crippen molar-refractivity contribution in [2.45, 2.75) is 46.1 Å². The monoisotopic (exact) mass is 275 g/mol. The molecule has 1 fully saturated rings. The van der Waals surface area contributed by atoms with Crippen LogP contribution in [0, 0.1) is 17.8 Å².